The highest BCUT2D eigenvalue weighted by Crippen LogP contribution is 2.39. The number of amides is 1. The van der Waals surface area contributed by atoms with Crippen LogP contribution in [0.4, 0.5) is 18.9 Å². The molecule has 0 spiro atoms. The highest BCUT2D eigenvalue weighted by Gasteiger charge is 2.41. The average molecular weight is 547 g/mol. The number of ether oxygens (including phenoxy) is 1. The lowest BCUT2D eigenvalue weighted by molar-refractivity contribution is -0.138. The fourth-order valence-corrected chi connectivity index (χ4v) is 6.75. The Labute approximate surface area is 226 Å². The van der Waals surface area contributed by atoms with Crippen LogP contribution in [0.2, 0.25) is 0 Å². The van der Waals surface area contributed by atoms with E-state index in [1.54, 1.807) is 23.8 Å². The van der Waals surface area contributed by atoms with Crippen LogP contribution in [0.5, 0.6) is 0 Å². The normalized spacial score (nSPS) is 24.9. The number of anilines is 1. The third kappa shape index (κ3) is 5.72. The van der Waals surface area contributed by atoms with Crippen LogP contribution in [0.3, 0.4) is 0 Å². The molecule has 5 rings (SSSR count). The number of likely N-dealkylation sites (tertiary alicyclic amines) is 1. The summed E-state index contributed by atoms with van der Waals surface area (Å²) < 4.78 is 47.6. The van der Waals surface area contributed by atoms with E-state index >= 15 is 0 Å². The third-order valence-electron chi connectivity index (χ3n) is 8.74. The van der Waals surface area contributed by atoms with Crippen LogP contribution >= 0.6 is 0 Å². The van der Waals surface area contributed by atoms with Crippen LogP contribution in [0.15, 0.2) is 35.3 Å². The van der Waals surface area contributed by atoms with Gasteiger partial charge in [0.25, 0.3) is 11.5 Å². The molecule has 1 saturated carbocycles. The highest BCUT2D eigenvalue weighted by molar-refractivity contribution is 5.99. The molecule has 2 bridgehead atoms. The van der Waals surface area contributed by atoms with Gasteiger partial charge in [-0.2, -0.15) is 13.2 Å². The molecule has 1 amide bonds. The van der Waals surface area contributed by atoms with Crippen molar-refractivity contribution in [1.29, 1.82) is 0 Å². The number of nitrogens with one attached hydrogen (secondary N) is 2. The number of hydrogen-bond donors (Lipinski definition) is 2. The molecule has 1 aliphatic carbocycles. The van der Waals surface area contributed by atoms with Gasteiger partial charge in [0.05, 0.1) is 22.9 Å². The first-order chi connectivity index (χ1) is 18.5. The molecule has 2 unspecified atom stereocenters. The Morgan fingerprint density at radius 2 is 1.77 bits per heavy atom. The fraction of sp³-hybridized carbons (Fsp3) is 0.586. The Bertz CT molecular complexity index is 1260. The van der Waals surface area contributed by atoms with Gasteiger partial charge >= 0.3 is 6.18 Å². The van der Waals surface area contributed by atoms with Gasteiger partial charge in [0.2, 0.25) is 0 Å². The molecular formula is C29H37F3N4O3. The number of fused-ring (bicyclic) bond motifs is 2. The summed E-state index contributed by atoms with van der Waals surface area (Å²) in [5, 5.41) is 6.47. The van der Waals surface area contributed by atoms with E-state index in [1.165, 1.54) is 19.1 Å². The first kappa shape index (κ1) is 27.7. The van der Waals surface area contributed by atoms with Gasteiger partial charge in [-0.05, 0) is 75.6 Å². The third-order valence-corrected chi connectivity index (χ3v) is 8.74. The number of pyridine rings is 1. The molecule has 3 heterocycles. The van der Waals surface area contributed by atoms with E-state index < -0.39 is 23.7 Å². The van der Waals surface area contributed by atoms with Gasteiger partial charge in [-0.3, -0.25) is 9.59 Å². The minimum Gasteiger partial charge on any atom is -0.381 e. The van der Waals surface area contributed by atoms with Crippen molar-refractivity contribution < 1.29 is 22.7 Å². The summed E-state index contributed by atoms with van der Waals surface area (Å²) in [6, 6.07) is 4.95. The molecule has 1 aromatic heterocycles. The van der Waals surface area contributed by atoms with Gasteiger partial charge in [-0.15, -0.1) is 0 Å². The zero-order chi connectivity index (χ0) is 27.9. The lowest BCUT2D eigenvalue weighted by atomic mass is 9.92. The lowest BCUT2D eigenvalue weighted by Gasteiger charge is -2.37. The first-order valence-corrected chi connectivity index (χ1v) is 13.8. The van der Waals surface area contributed by atoms with Crippen molar-refractivity contribution in [1.82, 2.24) is 14.8 Å². The minimum absolute atomic E-state index is 0.0745. The fourth-order valence-electron chi connectivity index (χ4n) is 6.75. The zero-order valence-corrected chi connectivity index (χ0v) is 22.7. The van der Waals surface area contributed by atoms with Gasteiger partial charge in [0, 0.05) is 50.7 Å². The average Bonchev–Trinajstić information content (AvgIpc) is 3.11. The monoisotopic (exact) mass is 546 g/mol. The number of hydrogen-bond acceptors (Lipinski definition) is 5. The number of rotatable bonds is 6. The van der Waals surface area contributed by atoms with Crippen LogP contribution in [-0.2, 0) is 10.9 Å². The predicted molar refractivity (Wildman–Crippen MR) is 143 cm³/mol. The highest BCUT2D eigenvalue weighted by atomic mass is 19.4. The molecule has 2 aliphatic heterocycles. The molecule has 3 aliphatic rings. The van der Waals surface area contributed by atoms with Crippen molar-refractivity contribution in [3.63, 3.8) is 0 Å². The first-order valence-electron chi connectivity index (χ1n) is 13.8. The summed E-state index contributed by atoms with van der Waals surface area (Å²) in [5.41, 5.74) is 0.415. The van der Waals surface area contributed by atoms with Crippen LogP contribution in [-0.4, -0.2) is 54.8 Å². The van der Waals surface area contributed by atoms with E-state index in [0.29, 0.717) is 54.7 Å². The SMILES string of the molecule is Cc1c([C@@H](C)NC(=O)c2cn(C3CCOCC3)c(=O)cc2NC2C3CC[C@@H]2CN(C)C3)cccc1C(F)(F)F. The van der Waals surface area contributed by atoms with E-state index in [-0.39, 0.29) is 23.2 Å². The summed E-state index contributed by atoms with van der Waals surface area (Å²) >= 11 is 0. The quantitative estimate of drug-likeness (QED) is 0.546. The molecule has 2 N–H and O–H groups in total. The maximum atomic E-state index is 13.7. The molecule has 3 fully saturated rings. The largest absolute Gasteiger partial charge is 0.416 e. The Morgan fingerprint density at radius 3 is 2.41 bits per heavy atom. The second-order valence-electron chi connectivity index (χ2n) is 11.4. The Hall–Kier alpha value is -2.85. The number of benzene rings is 1. The maximum absolute atomic E-state index is 13.7. The van der Waals surface area contributed by atoms with Crippen molar-refractivity contribution in [2.75, 3.05) is 38.7 Å². The van der Waals surface area contributed by atoms with Crippen molar-refractivity contribution in [2.24, 2.45) is 11.8 Å². The van der Waals surface area contributed by atoms with Crippen molar-refractivity contribution in [3.8, 4) is 0 Å². The van der Waals surface area contributed by atoms with Crippen molar-refractivity contribution in [3.05, 3.63) is 63.1 Å². The molecule has 10 heteroatoms. The van der Waals surface area contributed by atoms with Gasteiger partial charge in [0.1, 0.15) is 0 Å². The summed E-state index contributed by atoms with van der Waals surface area (Å²) in [7, 11) is 2.12. The molecule has 212 valence electrons. The van der Waals surface area contributed by atoms with E-state index in [2.05, 4.69) is 22.6 Å². The number of piperidine rings is 1. The molecular weight excluding hydrogens is 509 g/mol. The summed E-state index contributed by atoms with van der Waals surface area (Å²) in [6.07, 6.45) is 0.684. The zero-order valence-electron chi connectivity index (χ0n) is 22.7. The second kappa shape index (κ2) is 11.0. The number of alkyl halides is 3. The molecule has 0 radical (unpaired) electrons. The number of nitrogens with zero attached hydrogens (tertiary/aromatic N) is 2. The maximum Gasteiger partial charge on any atom is 0.416 e. The summed E-state index contributed by atoms with van der Waals surface area (Å²) in [6.45, 7) is 6.11. The second-order valence-corrected chi connectivity index (χ2v) is 11.4. The molecule has 7 nitrogen and oxygen atoms in total. The summed E-state index contributed by atoms with van der Waals surface area (Å²) in [5.74, 6) is 0.423. The smallest absolute Gasteiger partial charge is 0.381 e. The minimum atomic E-state index is -4.48. The molecule has 4 atom stereocenters. The molecule has 2 aromatic rings. The Balaban J connectivity index is 1.46. The van der Waals surface area contributed by atoms with Gasteiger partial charge in [0.15, 0.2) is 0 Å². The number of aromatic nitrogens is 1. The van der Waals surface area contributed by atoms with Gasteiger partial charge < -0.3 is 24.8 Å². The van der Waals surface area contributed by atoms with Crippen molar-refractivity contribution >= 4 is 11.6 Å². The molecule has 1 aromatic carbocycles. The van der Waals surface area contributed by atoms with Crippen LogP contribution < -0.4 is 16.2 Å². The number of carbonyl (C=O) groups is 1. The van der Waals surface area contributed by atoms with E-state index in [0.717, 1.165) is 32.0 Å². The van der Waals surface area contributed by atoms with E-state index in [9.17, 15) is 22.8 Å². The Kier molecular flexibility index (Phi) is 7.79. The van der Waals surface area contributed by atoms with Crippen LogP contribution in [0.1, 0.15) is 71.7 Å². The number of halogens is 3. The van der Waals surface area contributed by atoms with Gasteiger partial charge in [-0.1, -0.05) is 12.1 Å². The van der Waals surface area contributed by atoms with Crippen LogP contribution in [0, 0.1) is 18.8 Å². The number of carbonyl (C=O) groups excluding carboxylic acids is 1. The van der Waals surface area contributed by atoms with Crippen molar-refractivity contribution in [2.45, 2.75) is 63.8 Å². The molecule has 39 heavy (non-hydrogen) atoms. The van der Waals surface area contributed by atoms with E-state index in [4.69, 9.17) is 4.74 Å². The topological polar surface area (TPSA) is 75.6 Å². The molecule has 2 saturated heterocycles. The lowest BCUT2D eigenvalue weighted by Crippen LogP contribution is -2.47. The van der Waals surface area contributed by atoms with E-state index in [1.807, 2.05) is 0 Å². The Morgan fingerprint density at radius 1 is 1.10 bits per heavy atom. The summed E-state index contributed by atoms with van der Waals surface area (Å²) in [4.78, 5) is 29.3. The predicted octanol–water partition coefficient (Wildman–Crippen LogP) is 4.77. The van der Waals surface area contributed by atoms with Gasteiger partial charge in [-0.25, -0.2) is 0 Å². The van der Waals surface area contributed by atoms with Crippen LogP contribution in [0.25, 0.3) is 0 Å². The standard InChI is InChI=1S/C29H37F3N4O3/c1-17-22(5-4-6-24(17)29(30,31)32)18(2)33-28(38)23-16-36(21-9-11-39-12-10-21)26(37)13-25(23)34-27-19-7-8-20(27)15-35(3)14-19/h4-6,13,16,18-21,27,34H,7-12,14-15H2,1-3H3,(H,33,38)/t18-,19-,20?,27?/m1/s1.